The highest BCUT2D eigenvalue weighted by Crippen LogP contribution is 2.28. The monoisotopic (exact) mass is 459 g/mol. The fraction of sp³-hybridized carbons (Fsp3) is 0.333. The van der Waals surface area contributed by atoms with Crippen LogP contribution in [0.5, 0.6) is 11.8 Å². The minimum absolute atomic E-state index is 0.269. The second-order valence-corrected chi connectivity index (χ2v) is 8.27. The molecule has 1 heterocycles. The maximum atomic E-state index is 5.94. The van der Waals surface area contributed by atoms with Crippen LogP contribution in [0.2, 0.25) is 0 Å². The molecule has 2 aromatic carbocycles. The Hall–Kier alpha value is -3.74. The Bertz CT molecular complexity index is 1150. The number of hydrogen-bond acceptors (Lipinski definition) is 7. The van der Waals surface area contributed by atoms with E-state index in [9.17, 15) is 0 Å². The van der Waals surface area contributed by atoms with E-state index in [0.717, 1.165) is 23.3 Å². The normalized spacial score (nSPS) is 13.2. The minimum atomic E-state index is -0.348. The number of hydrogen-bond donors (Lipinski definition) is 1. The maximum absolute atomic E-state index is 5.94. The van der Waals surface area contributed by atoms with Crippen LogP contribution in [-0.2, 0) is 11.8 Å². The predicted octanol–water partition coefficient (Wildman–Crippen LogP) is 5.50. The summed E-state index contributed by atoms with van der Waals surface area (Å²) < 4.78 is 11.2. The first kappa shape index (κ1) is 24.9. The van der Waals surface area contributed by atoms with Crippen molar-refractivity contribution in [2.24, 2.45) is 5.10 Å². The lowest BCUT2D eigenvalue weighted by Gasteiger charge is -2.23. The molecule has 178 valence electrons. The molecule has 3 rings (SSSR count). The Morgan fingerprint density at radius 3 is 2.65 bits per heavy atom. The number of anilines is 1. The van der Waals surface area contributed by atoms with Gasteiger partial charge in [0.05, 0.1) is 19.9 Å². The average molecular weight is 460 g/mol. The first-order valence-electron chi connectivity index (χ1n) is 11.5. The number of nitrogens with zero attached hydrogens (tertiary/aromatic N) is 4. The van der Waals surface area contributed by atoms with E-state index in [1.165, 1.54) is 5.56 Å². The zero-order valence-electron chi connectivity index (χ0n) is 20.6. The van der Waals surface area contributed by atoms with E-state index >= 15 is 0 Å². The number of nitrogens with one attached hydrogen (secondary N) is 1. The van der Waals surface area contributed by atoms with Crippen LogP contribution >= 0.6 is 0 Å². The van der Waals surface area contributed by atoms with E-state index in [-0.39, 0.29) is 11.4 Å². The molecular formula is C27H33N5O2. The van der Waals surface area contributed by atoms with Gasteiger partial charge in [0.1, 0.15) is 11.6 Å². The van der Waals surface area contributed by atoms with Crippen molar-refractivity contribution in [3.8, 4) is 11.8 Å². The number of allylic oxidation sites excluding steroid dienone is 2. The number of rotatable bonds is 11. The Labute approximate surface area is 202 Å². The molecule has 1 N–H and O–H groups in total. The molecule has 0 aliphatic rings. The highest BCUT2D eigenvalue weighted by Gasteiger charge is 2.26. The summed E-state index contributed by atoms with van der Waals surface area (Å²) in [6.07, 6.45) is 7.38. The van der Waals surface area contributed by atoms with Crippen molar-refractivity contribution < 1.29 is 9.47 Å². The quantitative estimate of drug-likeness (QED) is 0.232. The highest BCUT2D eigenvalue weighted by molar-refractivity contribution is 5.80. The van der Waals surface area contributed by atoms with E-state index < -0.39 is 0 Å². The Balaban J connectivity index is 1.80. The van der Waals surface area contributed by atoms with Gasteiger partial charge < -0.3 is 9.47 Å². The number of methoxy groups -OCH3 is 1. The second kappa shape index (κ2) is 11.9. The molecule has 1 aromatic heterocycles. The molecule has 0 aliphatic carbocycles. The van der Waals surface area contributed by atoms with Gasteiger partial charge in [0.25, 0.3) is 0 Å². The van der Waals surface area contributed by atoms with Gasteiger partial charge in [0.2, 0.25) is 5.95 Å². The third kappa shape index (κ3) is 6.88. The summed E-state index contributed by atoms with van der Waals surface area (Å²) >= 11 is 0. The molecule has 0 radical (unpaired) electrons. The number of aromatic nitrogens is 3. The van der Waals surface area contributed by atoms with Gasteiger partial charge >= 0.3 is 6.01 Å². The second-order valence-electron chi connectivity index (χ2n) is 8.27. The zero-order valence-corrected chi connectivity index (χ0v) is 20.6. The summed E-state index contributed by atoms with van der Waals surface area (Å²) in [4.78, 5) is 13.7. The van der Waals surface area contributed by atoms with E-state index in [2.05, 4.69) is 51.5 Å². The van der Waals surface area contributed by atoms with E-state index in [0.29, 0.717) is 24.8 Å². The highest BCUT2D eigenvalue weighted by atomic mass is 16.5. The molecule has 0 bridgehead atoms. The van der Waals surface area contributed by atoms with Crippen LogP contribution in [0.1, 0.15) is 49.7 Å². The molecular weight excluding hydrogens is 426 g/mol. The van der Waals surface area contributed by atoms with Gasteiger partial charge in [-0.2, -0.15) is 20.1 Å². The van der Waals surface area contributed by atoms with Gasteiger partial charge in [0, 0.05) is 11.8 Å². The lowest BCUT2D eigenvalue weighted by molar-refractivity contribution is 0.291. The maximum Gasteiger partial charge on any atom is 0.321 e. The van der Waals surface area contributed by atoms with Crippen molar-refractivity contribution in [2.75, 3.05) is 19.1 Å². The molecule has 7 nitrogen and oxygen atoms in total. The van der Waals surface area contributed by atoms with Gasteiger partial charge in [-0.25, -0.2) is 5.43 Å². The SMILES string of the molecule is C/C=C\C(C)(CC)c1nc(N/N=C/c2cccc(C)c2)nc(OCCc2cccc(OC)c2)n1. The molecule has 0 saturated heterocycles. The molecule has 1 unspecified atom stereocenters. The van der Waals surface area contributed by atoms with E-state index in [1.807, 2.05) is 62.4 Å². The summed E-state index contributed by atoms with van der Waals surface area (Å²) in [6, 6.07) is 16.3. The Morgan fingerprint density at radius 2 is 1.91 bits per heavy atom. The van der Waals surface area contributed by atoms with Crippen molar-refractivity contribution in [3.05, 3.63) is 83.2 Å². The summed E-state index contributed by atoms with van der Waals surface area (Å²) in [5.74, 6) is 1.80. The lowest BCUT2D eigenvalue weighted by Crippen LogP contribution is -2.23. The number of benzene rings is 2. The van der Waals surface area contributed by atoms with Gasteiger partial charge in [0.15, 0.2) is 0 Å². The first-order valence-corrected chi connectivity index (χ1v) is 11.5. The van der Waals surface area contributed by atoms with Gasteiger partial charge in [-0.05, 0) is 50.5 Å². The third-order valence-electron chi connectivity index (χ3n) is 5.57. The minimum Gasteiger partial charge on any atom is -0.497 e. The van der Waals surface area contributed by atoms with Gasteiger partial charge in [-0.15, -0.1) is 0 Å². The molecule has 7 heteroatoms. The summed E-state index contributed by atoms with van der Waals surface area (Å²) in [5, 5.41) is 4.32. The van der Waals surface area contributed by atoms with Crippen LogP contribution in [0, 0.1) is 6.92 Å². The van der Waals surface area contributed by atoms with Crippen LogP contribution in [0.15, 0.2) is 65.8 Å². The Morgan fingerprint density at radius 1 is 1.09 bits per heavy atom. The fourth-order valence-corrected chi connectivity index (χ4v) is 3.45. The standard InChI is InChI=1S/C27H33N5O2/c1-6-15-27(4,7-2)24-29-25(32-28-19-22-12-8-10-20(3)17-22)31-26(30-24)34-16-14-21-11-9-13-23(18-21)33-5/h6,8-13,15,17-19H,7,14,16H2,1-5H3,(H,29,30,31,32)/b15-6-,28-19+. The van der Waals surface area contributed by atoms with E-state index in [4.69, 9.17) is 9.47 Å². The summed E-state index contributed by atoms with van der Waals surface area (Å²) in [7, 11) is 1.66. The summed E-state index contributed by atoms with van der Waals surface area (Å²) in [5.41, 5.74) is 5.87. The molecule has 0 fully saturated rings. The van der Waals surface area contributed by atoms with Crippen molar-refractivity contribution in [3.63, 3.8) is 0 Å². The number of ether oxygens (including phenoxy) is 2. The van der Waals surface area contributed by atoms with Crippen molar-refractivity contribution in [2.45, 2.75) is 46.0 Å². The van der Waals surface area contributed by atoms with Crippen LogP contribution in [-0.4, -0.2) is 34.9 Å². The first-order chi connectivity index (χ1) is 16.5. The largest absolute Gasteiger partial charge is 0.497 e. The van der Waals surface area contributed by atoms with Crippen LogP contribution in [0.3, 0.4) is 0 Å². The number of hydrazone groups is 1. The third-order valence-corrected chi connectivity index (χ3v) is 5.57. The van der Waals surface area contributed by atoms with E-state index in [1.54, 1.807) is 13.3 Å². The molecule has 34 heavy (non-hydrogen) atoms. The van der Waals surface area contributed by atoms with Crippen LogP contribution in [0.25, 0.3) is 0 Å². The predicted molar refractivity (Wildman–Crippen MR) is 137 cm³/mol. The average Bonchev–Trinajstić information content (AvgIpc) is 2.84. The van der Waals surface area contributed by atoms with Crippen LogP contribution in [0.4, 0.5) is 5.95 Å². The Kier molecular flexibility index (Phi) is 8.73. The van der Waals surface area contributed by atoms with Crippen LogP contribution < -0.4 is 14.9 Å². The molecule has 0 spiro atoms. The topological polar surface area (TPSA) is 81.5 Å². The fourth-order valence-electron chi connectivity index (χ4n) is 3.45. The summed E-state index contributed by atoms with van der Waals surface area (Å²) in [6.45, 7) is 8.67. The smallest absolute Gasteiger partial charge is 0.321 e. The molecule has 0 saturated carbocycles. The number of aryl methyl sites for hydroxylation is 1. The van der Waals surface area contributed by atoms with Gasteiger partial charge in [-0.1, -0.05) is 61.0 Å². The van der Waals surface area contributed by atoms with Gasteiger partial charge in [-0.3, -0.25) is 0 Å². The molecule has 1 atom stereocenters. The van der Waals surface area contributed by atoms with Crippen molar-refractivity contribution in [1.82, 2.24) is 15.0 Å². The zero-order chi connectivity index (χ0) is 24.4. The molecule has 0 amide bonds. The molecule has 3 aromatic rings. The lowest BCUT2D eigenvalue weighted by atomic mass is 9.86. The van der Waals surface area contributed by atoms with Crippen molar-refractivity contribution >= 4 is 12.2 Å². The van der Waals surface area contributed by atoms with Crippen molar-refractivity contribution in [1.29, 1.82) is 0 Å². The molecule has 0 aliphatic heterocycles.